The molecule has 0 amide bonds. The predicted octanol–water partition coefficient (Wildman–Crippen LogP) is 4.70. The minimum atomic E-state index is -4.52. The average molecular weight is 424 g/mol. The Balaban J connectivity index is 2.19. The van der Waals surface area contributed by atoms with E-state index in [9.17, 15) is 26.4 Å². The monoisotopic (exact) mass is 424 g/mol. The van der Waals surface area contributed by atoms with Gasteiger partial charge in [0.15, 0.2) is 6.29 Å². The van der Waals surface area contributed by atoms with Crippen LogP contribution in [-0.2, 0) is 16.2 Å². The molecular weight excluding hydrogens is 405 g/mol. The molecule has 3 aromatic rings. The van der Waals surface area contributed by atoms with Crippen LogP contribution in [0.15, 0.2) is 47.4 Å². The van der Waals surface area contributed by atoms with Crippen molar-refractivity contribution in [2.45, 2.75) is 24.9 Å². The number of H-pyrrole nitrogens is 1. The van der Waals surface area contributed by atoms with Gasteiger partial charge in [0, 0.05) is 29.6 Å². The van der Waals surface area contributed by atoms with Crippen molar-refractivity contribution in [2.24, 2.45) is 0 Å². The maximum Gasteiger partial charge on any atom is 0.416 e. The summed E-state index contributed by atoms with van der Waals surface area (Å²) in [6, 6.07) is 8.91. The quantitative estimate of drug-likeness (QED) is 0.584. The lowest BCUT2D eigenvalue weighted by Crippen LogP contribution is -2.30. The van der Waals surface area contributed by atoms with Crippen LogP contribution in [0.4, 0.5) is 13.2 Å². The molecule has 0 aliphatic rings. The molecule has 1 heterocycles. The van der Waals surface area contributed by atoms with Gasteiger partial charge in [-0.1, -0.05) is 26.0 Å². The molecular formula is C20H19F3N2O3S. The van der Waals surface area contributed by atoms with E-state index in [0.29, 0.717) is 30.3 Å². The van der Waals surface area contributed by atoms with E-state index in [2.05, 4.69) is 4.98 Å². The van der Waals surface area contributed by atoms with E-state index >= 15 is 0 Å². The largest absolute Gasteiger partial charge is 0.416 e. The molecule has 1 N–H and O–H groups in total. The summed E-state index contributed by atoms with van der Waals surface area (Å²) in [5.41, 5.74) is 0.119. The van der Waals surface area contributed by atoms with Gasteiger partial charge in [0.25, 0.3) is 0 Å². The highest BCUT2D eigenvalue weighted by molar-refractivity contribution is 7.89. The third-order valence-corrected chi connectivity index (χ3v) is 6.80. The number of hydrogen-bond acceptors (Lipinski definition) is 3. The number of benzene rings is 2. The number of nitrogens with zero attached hydrogens (tertiary/aromatic N) is 1. The van der Waals surface area contributed by atoms with Gasteiger partial charge in [-0.3, -0.25) is 4.79 Å². The number of alkyl halides is 3. The third kappa shape index (κ3) is 3.79. The van der Waals surface area contributed by atoms with E-state index < -0.39 is 21.8 Å². The highest BCUT2D eigenvalue weighted by atomic mass is 32.2. The van der Waals surface area contributed by atoms with E-state index in [-0.39, 0.29) is 21.7 Å². The number of carbonyl (C=O) groups excluding carboxylic acids is 1. The van der Waals surface area contributed by atoms with Crippen molar-refractivity contribution in [1.29, 1.82) is 0 Å². The first-order chi connectivity index (χ1) is 13.6. The number of carbonyl (C=O) groups is 1. The summed E-state index contributed by atoms with van der Waals surface area (Å²) in [5.74, 6) is 0. The first kappa shape index (κ1) is 21.1. The molecule has 0 bridgehead atoms. The number of hydrogen-bond donors (Lipinski definition) is 1. The summed E-state index contributed by atoms with van der Waals surface area (Å²) in [6.07, 6.45) is -4.00. The van der Waals surface area contributed by atoms with Gasteiger partial charge in [-0.25, -0.2) is 8.42 Å². The van der Waals surface area contributed by atoms with Crippen LogP contribution in [0.5, 0.6) is 0 Å². The molecule has 9 heteroatoms. The number of aromatic nitrogens is 1. The van der Waals surface area contributed by atoms with Crippen LogP contribution in [0.3, 0.4) is 0 Å². The Morgan fingerprint density at radius 1 is 1.07 bits per heavy atom. The third-order valence-electron chi connectivity index (χ3n) is 4.75. The molecule has 0 saturated carbocycles. The summed E-state index contributed by atoms with van der Waals surface area (Å²) >= 11 is 0. The highest BCUT2D eigenvalue weighted by Gasteiger charge is 2.31. The first-order valence-electron chi connectivity index (χ1n) is 8.92. The predicted molar refractivity (Wildman–Crippen MR) is 104 cm³/mol. The van der Waals surface area contributed by atoms with Crippen LogP contribution in [-0.4, -0.2) is 37.1 Å². The minimum absolute atomic E-state index is 0.0198. The second kappa shape index (κ2) is 7.64. The molecule has 3 rings (SSSR count). The Morgan fingerprint density at radius 2 is 1.76 bits per heavy atom. The maximum atomic E-state index is 13.0. The lowest BCUT2D eigenvalue weighted by Gasteiger charge is -2.18. The number of sulfonamides is 1. The van der Waals surface area contributed by atoms with Gasteiger partial charge < -0.3 is 4.98 Å². The summed E-state index contributed by atoms with van der Waals surface area (Å²) in [5, 5.41) is 0.334. The van der Waals surface area contributed by atoms with E-state index in [1.807, 2.05) is 0 Å². The number of halogens is 3. The number of fused-ring (bicyclic) bond motifs is 1. The molecule has 29 heavy (non-hydrogen) atoms. The van der Waals surface area contributed by atoms with E-state index in [0.717, 1.165) is 12.1 Å². The molecule has 0 radical (unpaired) electrons. The van der Waals surface area contributed by atoms with Gasteiger partial charge in [-0.05, 0) is 35.9 Å². The SMILES string of the molecule is CCN(CC)S(=O)(=O)c1ccc2[nH]c(-c3cccc(C(F)(F)F)c3)c(C=O)c2c1. The Bertz CT molecular complexity index is 1160. The molecule has 5 nitrogen and oxygen atoms in total. The molecule has 1 aromatic heterocycles. The van der Waals surface area contributed by atoms with Crippen molar-refractivity contribution in [3.8, 4) is 11.3 Å². The fourth-order valence-corrected chi connectivity index (χ4v) is 4.75. The smallest absolute Gasteiger partial charge is 0.354 e. The molecule has 0 unspecified atom stereocenters. The zero-order valence-electron chi connectivity index (χ0n) is 15.7. The molecule has 0 spiro atoms. The fraction of sp³-hybridized carbons (Fsp3) is 0.250. The van der Waals surface area contributed by atoms with Crippen molar-refractivity contribution in [3.05, 3.63) is 53.6 Å². The van der Waals surface area contributed by atoms with Crippen LogP contribution in [0.25, 0.3) is 22.2 Å². The summed E-state index contributed by atoms with van der Waals surface area (Å²) in [6.45, 7) is 4.02. The standard InChI is InChI=1S/C20H19F3N2O3S/c1-3-25(4-2)29(27,28)15-8-9-18-16(11-15)17(12-26)19(24-18)13-6-5-7-14(10-13)20(21,22)23/h5-12,24H,3-4H2,1-2H3. The highest BCUT2D eigenvalue weighted by Crippen LogP contribution is 2.35. The summed E-state index contributed by atoms with van der Waals surface area (Å²) < 4.78 is 66.0. The Labute approximate surface area is 166 Å². The second-order valence-corrected chi connectivity index (χ2v) is 8.34. The van der Waals surface area contributed by atoms with Crippen molar-refractivity contribution in [1.82, 2.24) is 9.29 Å². The topological polar surface area (TPSA) is 70.2 Å². The molecule has 0 aliphatic carbocycles. The number of nitrogens with one attached hydrogen (secondary N) is 1. The molecule has 0 fully saturated rings. The van der Waals surface area contributed by atoms with Gasteiger partial charge in [0.05, 0.1) is 16.2 Å². The van der Waals surface area contributed by atoms with E-state index in [1.54, 1.807) is 13.8 Å². The Hall–Kier alpha value is -2.65. The van der Waals surface area contributed by atoms with Gasteiger partial charge in [0.1, 0.15) is 0 Å². The first-order valence-corrected chi connectivity index (χ1v) is 10.4. The fourth-order valence-electron chi connectivity index (χ4n) is 3.27. The lowest BCUT2D eigenvalue weighted by molar-refractivity contribution is -0.137. The van der Waals surface area contributed by atoms with Crippen molar-refractivity contribution < 1.29 is 26.4 Å². The zero-order valence-corrected chi connectivity index (χ0v) is 16.6. The van der Waals surface area contributed by atoms with Gasteiger partial charge in [0.2, 0.25) is 10.0 Å². The molecule has 0 atom stereocenters. The van der Waals surface area contributed by atoms with Gasteiger partial charge in [-0.15, -0.1) is 0 Å². The molecule has 154 valence electrons. The van der Waals surface area contributed by atoms with Gasteiger partial charge >= 0.3 is 6.18 Å². The number of aldehydes is 1. The van der Waals surface area contributed by atoms with E-state index in [4.69, 9.17) is 0 Å². The van der Waals surface area contributed by atoms with Crippen LogP contribution >= 0.6 is 0 Å². The van der Waals surface area contributed by atoms with Crippen molar-refractivity contribution in [2.75, 3.05) is 13.1 Å². The van der Waals surface area contributed by atoms with Crippen LogP contribution in [0, 0.1) is 0 Å². The summed E-state index contributed by atoms with van der Waals surface area (Å²) in [7, 11) is -3.74. The molecule has 2 aromatic carbocycles. The zero-order chi connectivity index (χ0) is 21.4. The molecule has 0 aliphatic heterocycles. The average Bonchev–Trinajstić information content (AvgIpc) is 3.06. The minimum Gasteiger partial charge on any atom is -0.354 e. The summed E-state index contributed by atoms with van der Waals surface area (Å²) in [4.78, 5) is 14.7. The normalized spacial score (nSPS) is 12.6. The number of rotatable bonds is 6. The maximum absolute atomic E-state index is 13.0. The molecule has 0 saturated heterocycles. The van der Waals surface area contributed by atoms with Crippen molar-refractivity contribution in [3.63, 3.8) is 0 Å². The van der Waals surface area contributed by atoms with Gasteiger partial charge in [-0.2, -0.15) is 17.5 Å². The Morgan fingerprint density at radius 3 is 2.34 bits per heavy atom. The van der Waals surface area contributed by atoms with Crippen molar-refractivity contribution >= 4 is 27.2 Å². The lowest BCUT2D eigenvalue weighted by atomic mass is 10.0. The van der Waals surface area contributed by atoms with Crippen LogP contribution < -0.4 is 0 Å². The van der Waals surface area contributed by atoms with Crippen LogP contribution in [0.1, 0.15) is 29.8 Å². The Kier molecular flexibility index (Phi) is 5.55. The number of aromatic amines is 1. The second-order valence-electron chi connectivity index (χ2n) is 6.41. The van der Waals surface area contributed by atoms with E-state index in [1.165, 1.54) is 34.6 Å². The van der Waals surface area contributed by atoms with Crippen LogP contribution in [0.2, 0.25) is 0 Å².